The third-order valence-electron chi connectivity index (χ3n) is 5.27. The number of pyridine rings is 1. The number of piperazine rings is 1. The van der Waals surface area contributed by atoms with E-state index in [0.29, 0.717) is 24.6 Å². The van der Waals surface area contributed by atoms with Gasteiger partial charge in [0.1, 0.15) is 17.6 Å². The van der Waals surface area contributed by atoms with E-state index in [1.54, 1.807) is 12.3 Å². The molecular weight excluding hydrogens is 395 g/mol. The molecule has 4 heterocycles. The summed E-state index contributed by atoms with van der Waals surface area (Å²) >= 11 is 0. The number of H-pyrrole nitrogens is 2. The molecule has 1 atom stereocenters. The van der Waals surface area contributed by atoms with Crippen LogP contribution in [-0.4, -0.2) is 50.7 Å². The average molecular weight is 415 g/mol. The number of aromatic nitrogens is 4. The van der Waals surface area contributed by atoms with Crippen molar-refractivity contribution in [3.63, 3.8) is 0 Å². The van der Waals surface area contributed by atoms with Crippen LogP contribution in [0.5, 0.6) is 0 Å². The zero-order valence-corrected chi connectivity index (χ0v) is 16.2. The standard InChI is InChI=1S/C20H20F3N7/c1-13-11-29(6-7-30(13)18-5-2-15(10-25-18)20(21,22)23)12-14-9-26-28-19(14)17-4-3-16(8-24)27-17/h2-5,9-10,13,27H,6-7,11-12H2,1H3,(H,26,28)/t13-/m1/s1. The van der Waals surface area contributed by atoms with E-state index < -0.39 is 11.7 Å². The maximum absolute atomic E-state index is 12.8. The molecule has 0 bridgehead atoms. The van der Waals surface area contributed by atoms with Crippen LogP contribution in [0.1, 0.15) is 23.7 Å². The van der Waals surface area contributed by atoms with E-state index in [1.165, 1.54) is 6.07 Å². The second-order valence-corrected chi connectivity index (χ2v) is 7.35. The number of rotatable bonds is 4. The first-order chi connectivity index (χ1) is 14.3. The van der Waals surface area contributed by atoms with Gasteiger partial charge in [-0.1, -0.05) is 0 Å². The van der Waals surface area contributed by atoms with Gasteiger partial charge in [0.05, 0.1) is 23.1 Å². The van der Waals surface area contributed by atoms with Crippen LogP contribution in [0, 0.1) is 11.3 Å². The second-order valence-electron chi connectivity index (χ2n) is 7.35. The third-order valence-corrected chi connectivity index (χ3v) is 5.27. The van der Waals surface area contributed by atoms with Gasteiger partial charge < -0.3 is 9.88 Å². The van der Waals surface area contributed by atoms with Crippen molar-refractivity contribution in [2.75, 3.05) is 24.5 Å². The monoisotopic (exact) mass is 415 g/mol. The number of alkyl halides is 3. The SMILES string of the molecule is C[C@@H]1CN(Cc2cn[nH]c2-c2ccc(C#N)[nH]2)CCN1c1ccc(C(F)(F)F)cn1. The third kappa shape index (κ3) is 4.02. The van der Waals surface area contributed by atoms with Crippen molar-refractivity contribution in [2.45, 2.75) is 25.7 Å². The second kappa shape index (κ2) is 7.84. The molecule has 1 saturated heterocycles. The van der Waals surface area contributed by atoms with Crippen LogP contribution >= 0.6 is 0 Å². The van der Waals surface area contributed by atoms with Crippen LogP contribution in [0.4, 0.5) is 19.0 Å². The van der Waals surface area contributed by atoms with Crippen LogP contribution < -0.4 is 4.90 Å². The van der Waals surface area contributed by atoms with E-state index in [9.17, 15) is 13.2 Å². The molecule has 0 aliphatic carbocycles. The highest BCUT2D eigenvalue weighted by Gasteiger charge is 2.31. The first-order valence-corrected chi connectivity index (χ1v) is 9.49. The Morgan fingerprint density at radius 2 is 2.03 bits per heavy atom. The number of hydrogen-bond acceptors (Lipinski definition) is 5. The minimum Gasteiger partial charge on any atom is -0.351 e. The minimum atomic E-state index is -4.38. The summed E-state index contributed by atoms with van der Waals surface area (Å²) in [5, 5.41) is 16.1. The lowest BCUT2D eigenvalue weighted by Crippen LogP contribution is -2.51. The predicted octanol–water partition coefficient (Wildman–Crippen LogP) is 3.40. The van der Waals surface area contributed by atoms with Crippen molar-refractivity contribution in [3.8, 4) is 17.5 Å². The Hall–Kier alpha value is -3.32. The molecule has 0 spiro atoms. The van der Waals surface area contributed by atoms with Crippen molar-refractivity contribution in [2.24, 2.45) is 0 Å². The Labute approximate surface area is 171 Å². The van der Waals surface area contributed by atoms with Gasteiger partial charge >= 0.3 is 6.18 Å². The van der Waals surface area contributed by atoms with Crippen LogP contribution in [0.3, 0.4) is 0 Å². The van der Waals surface area contributed by atoms with E-state index in [-0.39, 0.29) is 6.04 Å². The van der Waals surface area contributed by atoms with Gasteiger partial charge in [0.15, 0.2) is 0 Å². The fourth-order valence-electron chi connectivity index (χ4n) is 3.75. The molecule has 3 aromatic rings. The molecule has 0 aromatic carbocycles. The van der Waals surface area contributed by atoms with Crippen molar-refractivity contribution < 1.29 is 13.2 Å². The lowest BCUT2D eigenvalue weighted by molar-refractivity contribution is -0.137. The molecule has 4 rings (SSSR count). The average Bonchev–Trinajstić information content (AvgIpc) is 3.36. The molecule has 0 radical (unpaired) electrons. The Morgan fingerprint density at radius 3 is 2.67 bits per heavy atom. The van der Waals surface area contributed by atoms with E-state index >= 15 is 0 Å². The molecule has 1 aliphatic rings. The highest BCUT2D eigenvalue weighted by Crippen LogP contribution is 2.30. The van der Waals surface area contributed by atoms with Crippen LogP contribution in [0.2, 0.25) is 0 Å². The van der Waals surface area contributed by atoms with Gasteiger partial charge in [-0.05, 0) is 31.2 Å². The van der Waals surface area contributed by atoms with Crippen molar-refractivity contribution in [3.05, 3.63) is 53.5 Å². The highest BCUT2D eigenvalue weighted by atomic mass is 19.4. The van der Waals surface area contributed by atoms with Crippen LogP contribution in [-0.2, 0) is 12.7 Å². The lowest BCUT2D eigenvalue weighted by Gasteiger charge is -2.40. The summed E-state index contributed by atoms with van der Waals surface area (Å²) < 4.78 is 38.3. The lowest BCUT2D eigenvalue weighted by atomic mass is 10.1. The summed E-state index contributed by atoms with van der Waals surface area (Å²) in [4.78, 5) is 11.4. The first-order valence-electron chi connectivity index (χ1n) is 9.49. The molecular formula is C20H20F3N7. The molecule has 2 N–H and O–H groups in total. The normalized spacial score (nSPS) is 17.8. The van der Waals surface area contributed by atoms with E-state index in [2.05, 4.69) is 31.1 Å². The number of nitrogens with zero attached hydrogens (tertiary/aromatic N) is 5. The summed E-state index contributed by atoms with van der Waals surface area (Å²) in [6.07, 6.45) is -1.72. The Bertz CT molecular complexity index is 1050. The zero-order chi connectivity index (χ0) is 21.3. The molecule has 1 fully saturated rings. The molecule has 0 unspecified atom stereocenters. The molecule has 3 aromatic heterocycles. The van der Waals surface area contributed by atoms with Gasteiger partial charge in [0.25, 0.3) is 0 Å². The quantitative estimate of drug-likeness (QED) is 0.682. The van der Waals surface area contributed by atoms with Crippen molar-refractivity contribution in [1.82, 2.24) is 25.1 Å². The van der Waals surface area contributed by atoms with Crippen molar-refractivity contribution in [1.29, 1.82) is 5.26 Å². The summed E-state index contributed by atoms with van der Waals surface area (Å²) in [5.41, 5.74) is 2.40. The summed E-state index contributed by atoms with van der Waals surface area (Å²) in [6, 6.07) is 8.23. The van der Waals surface area contributed by atoms with Crippen molar-refractivity contribution >= 4 is 5.82 Å². The molecule has 156 valence electrons. The van der Waals surface area contributed by atoms with Crippen LogP contribution in [0.25, 0.3) is 11.4 Å². The molecule has 0 saturated carbocycles. The number of halogens is 3. The highest BCUT2D eigenvalue weighted by molar-refractivity contribution is 5.60. The van der Waals surface area contributed by atoms with Crippen LogP contribution in [0.15, 0.2) is 36.7 Å². The summed E-state index contributed by atoms with van der Waals surface area (Å²) in [5.74, 6) is 0.551. The molecule has 10 heteroatoms. The topological polar surface area (TPSA) is 87.6 Å². The fraction of sp³-hybridized carbons (Fsp3) is 0.350. The van der Waals surface area contributed by atoms with Gasteiger partial charge in [-0.25, -0.2) is 4.98 Å². The van der Waals surface area contributed by atoms with E-state index in [0.717, 1.165) is 42.3 Å². The van der Waals surface area contributed by atoms with E-state index in [1.807, 2.05) is 17.9 Å². The van der Waals surface area contributed by atoms with Gasteiger partial charge in [0.2, 0.25) is 0 Å². The molecule has 0 amide bonds. The maximum atomic E-state index is 12.8. The van der Waals surface area contributed by atoms with Gasteiger partial charge in [-0.3, -0.25) is 10.00 Å². The Balaban J connectivity index is 1.42. The smallest absolute Gasteiger partial charge is 0.351 e. The number of hydrogen-bond donors (Lipinski definition) is 2. The van der Waals surface area contributed by atoms with E-state index in [4.69, 9.17) is 5.26 Å². The number of nitrogens with one attached hydrogen (secondary N) is 2. The Morgan fingerprint density at radius 1 is 1.20 bits per heavy atom. The number of nitriles is 1. The Kier molecular flexibility index (Phi) is 5.22. The van der Waals surface area contributed by atoms with Gasteiger partial charge in [-0.2, -0.15) is 23.5 Å². The first kappa shape index (κ1) is 20.0. The minimum absolute atomic E-state index is 0.0917. The molecule has 7 nitrogen and oxygen atoms in total. The van der Waals surface area contributed by atoms with Gasteiger partial charge in [-0.15, -0.1) is 0 Å². The molecule has 30 heavy (non-hydrogen) atoms. The number of anilines is 1. The number of aromatic amines is 2. The van der Waals surface area contributed by atoms with Gasteiger partial charge in [0, 0.05) is 44.0 Å². The largest absolute Gasteiger partial charge is 0.417 e. The zero-order valence-electron chi connectivity index (χ0n) is 16.2. The summed E-state index contributed by atoms with van der Waals surface area (Å²) in [7, 11) is 0. The molecule has 1 aliphatic heterocycles. The maximum Gasteiger partial charge on any atom is 0.417 e. The predicted molar refractivity (Wildman–Crippen MR) is 104 cm³/mol. The summed E-state index contributed by atoms with van der Waals surface area (Å²) in [6.45, 7) is 4.85. The fourth-order valence-corrected chi connectivity index (χ4v) is 3.75.